The van der Waals surface area contributed by atoms with E-state index in [0.717, 1.165) is 11.3 Å². The van der Waals surface area contributed by atoms with Crippen molar-refractivity contribution in [3.05, 3.63) is 57.8 Å². The Morgan fingerprint density at radius 3 is 2.78 bits per heavy atom. The van der Waals surface area contributed by atoms with Crippen LogP contribution in [0.5, 0.6) is 0 Å². The van der Waals surface area contributed by atoms with E-state index in [1.54, 1.807) is 6.07 Å². The second-order valence-corrected chi connectivity index (χ2v) is 4.93. The van der Waals surface area contributed by atoms with E-state index in [1.165, 1.54) is 16.9 Å². The first kappa shape index (κ1) is 12.5. The fourth-order valence-corrected chi connectivity index (χ4v) is 2.15. The van der Waals surface area contributed by atoms with Crippen LogP contribution in [0.2, 0.25) is 0 Å². The SMILES string of the molecule is CC(=NNC(=O)c1cccs1)c1cccc(C)c1. The predicted molar refractivity (Wildman–Crippen MR) is 75.2 cm³/mol. The molecule has 0 spiro atoms. The van der Waals surface area contributed by atoms with E-state index < -0.39 is 0 Å². The molecule has 0 saturated carbocycles. The number of hydrogen-bond donors (Lipinski definition) is 1. The molecule has 1 amide bonds. The highest BCUT2D eigenvalue weighted by atomic mass is 32.1. The van der Waals surface area contributed by atoms with Gasteiger partial charge in [0.25, 0.3) is 5.91 Å². The van der Waals surface area contributed by atoms with Crippen LogP contribution >= 0.6 is 11.3 Å². The van der Waals surface area contributed by atoms with Crippen LogP contribution in [0.15, 0.2) is 46.9 Å². The molecule has 0 aliphatic heterocycles. The number of rotatable bonds is 3. The van der Waals surface area contributed by atoms with Gasteiger partial charge in [-0.3, -0.25) is 4.79 Å². The summed E-state index contributed by atoms with van der Waals surface area (Å²) in [5, 5.41) is 5.98. The first-order valence-electron chi connectivity index (χ1n) is 5.62. The summed E-state index contributed by atoms with van der Waals surface area (Å²) in [6, 6.07) is 11.6. The minimum atomic E-state index is -0.169. The van der Waals surface area contributed by atoms with Crippen molar-refractivity contribution in [2.45, 2.75) is 13.8 Å². The molecule has 0 fully saturated rings. The number of nitrogens with zero attached hydrogens (tertiary/aromatic N) is 1. The molecule has 0 radical (unpaired) electrons. The Bertz CT molecular complexity index is 573. The zero-order valence-electron chi connectivity index (χ0n) is 10.3. The fourth-order valence-electron chi connectivity index (χ4n) is 1.53. The molecule has 2 rings (SSSR count). The normalized spacial score (nSPS) is 11.3. The molecule has 1 aromatic heterocycles. The summed E-state index contributed by atoms with van der Waals surface area (Å²) >= 11 is 1.40. The van der Waals surface area contributed by atoms with Crippen molar-refractivity contribution in [3.63, 3.8) is 0 Å². The maximum Gasteiger partial charge on any atom is 0.281 e. The molecule has 0 saturated heterocycles. The van der Waals surface area contributed by atoms with Gasteiger partial charge in [-0.05, 0) is 30.9 Å². The number of amides is 1. The highest BCUT2D eigenvalue weighted by molar-refractivity contribution is 7.12. The molecule has 2 aromatic rings. The molecule has 92 valence electrons. The minimum absolute atomic E-state index is 0.169. The third-order valence-electron chi connectivity index (χ3n) is 2.51. The number of nitrogens with one attached hydrogen (secondary N) is 1. The van der Waals surface area contributed by atoms with Crippen LogP contribution in [-0.4, -0.2) is 11.6 Å². The van der Waals surface area contributed by atoms with Gasteiger partial charge in [-0.1, -0.05) is 35.9 Å². The zero-order valence-corrected chi connectivity index (χ0v) is 11.1. The van der Waals surface area contributed by atoms with Gasteiger partial charge in [0.1, 0.15) is 0 Å². The molecule has 4 heteroatoms. The summed E-state index contributed by atoms with van der Waals surface area (Å²) in [7, 11) is 0. The van der Waals surface area contributed by atoms with Crippen molar-refractivity contribution in [2.75, 3.05) is 0 Å². The fraction of sp³-hybridized carbons (Fsp3) is 0.143. The molecule has 18 heavy (non-hydrogen) atoms. The number of carbonyl (C=O) groups excluding carboxylic acids is 1. The Balaban J connectivity index is 2.08. The topological polar surface area (TPSA) is 41.5 Å². The van der Waals surface area contributed by atoms with Crippen LogP contribution in [0.4, 0.5) is 0 Å². The second kappa shape index (κ2) is 5.60. The number of aryl methyl sites for hydroxylation is 1. The summed E-state index contributed by atoms with van der Waals surface area (Å²) in [5.41, 5.74) is 5.55. The lowest BCUT2D eigenvalue weighted by Crippen LogP contribution is -2.18. The van der Waals surface area contributed by atoms with E-state index in [9.17, 15) is 4.79 Å². The zero-order chi connectivity index (χ0) is 13.0. The largest absolute Gasteiger partial charge is 0.281 e. The van der Waals surface area contributed by atoms with Gasteiger partial charge >= 0.3 is 0 Å². The molecule has 3 nitrogen and oxygen atoms in total. The standard InChI is InChI=1S/C14H14N2OS/c1-10-5-3-6-12(9-10)11(2)15-16-14(17)13-7-4-8-18-13/h3-9H,1-2H3,(H,16,17). The summed E-state index contributed by atoms with van der Waals surface area (Å²) < 4.78 is 0. The van der Waals surface area contributed by atoms with Crippen molar-refractivity contribution in [1.82, 2.24) is 5.43 Å². The van der Waals surface area contributed by atoms with Gasteiger partial charge in [-0.25, -0.2) is 5.43 Å². The molecule has 0 bridgehead atoms. The lowest BCUT2D eigenvalue weighted by Gasteiger charge is -2.02. The van der Waals surface area contributed by atoms with E-state index in [4.69, 9.17) is 0 Å². The average molecular weight is 258 g/mol. The van der Waals surface area contributed by atoms with Gasteiger partial charge in [-0.2, -0.15) is 5.10 Å². The molecule has 0 unspecified atom stereocenters. The highest BCUT2D eigenvalue weighted by Gasteiger charge is 2.05. The molecule has 1 heterocycles. The summed E-state index contributed by atoms with van der Waals surface area (Å²) in [6.45, 7) is 3.91. The third kappa shape index (κ3) is 3.05. The molecule has 1 N–H and O–H groups in total. The van der Waals surface area contributed by atoms with Gasteiger partial charge in [0.2, 0.25) is 0 Å². The van der Waals surface area contributed by atoms with Gasteiger partial charge in [-0.15, -0.1) is 11.3 Å². The van der Waals surface area contributed by atoms with Crippen LogP contribution < -0.4 is 5.43 Å². The Kier molecular flexibility index (Phi) is 3.89. The molecule has 0 aliphatic rings. The molecule has 0 aliphatic carbocycles. The molecular weight excluding hydrogens is 244 g/mol. The molecule has 0 atom stereocenters. The smallest absolute Gasteiger partial charge is 0.266 e. The number of benzene rings is 1. The van der Waals surface area contributed by atoms with Gasteiger partial charge < -0.3 is 0 Å². The number of hydrazone groups is 1. The van der Waals surface area contributed by atoms with E-state index in [2.05, 4.69) is 10.5 Å². The predicted octanol–water partition coefficient (Wildman–Crippen LogP) is 3.21. The molecule has 1 aromatic carbocycles. The lowest BCUT2D eigenvalue weighted by atomic mass is 10.1. The van der Waals surface area contributed by atoms with Crippen molar-refractivity contribution >= 4 is 23.0 Å². The van der Waals surface area contributed by atoms with E-state index >= 15 is 0 Å². The quantitative estimate of drug-likeness (QED) is 0.666. The first-order valence-corrected chi connectivity index (χ1v) is 6.50. The van der Waals surface area contributed by atoms with Crippen LogP contribution in [0.3, 0.4) is 0 Å². The monoisotopic (exact) mass is 258 g/mol. The van der Waals surface area contributed by atoms with Crippen molar-refractivity contribution in [3.8, 4) is 0 Å². The van der Waals surface area contributed by atoms with Gasteiger partial charge in [0.15, 0.2) is 0 Å². The summed E-state index contributed by atoms with van der Waals surface area (Å²) in [6.07, 6.45) is 0. The average Bonchev–Trinajstić information content (AvgIpc) is 2.89. The second-order valence-electron chi connectivity index (χ2n) is 3.98. The van der Waals surface area contributed by atoms with Gasteiger partial charge in [0.05, 0.1) is 10.6 Å². The van der Waals surface area contributed by atoms with Crippen LogP contribution in [0.25, 0.3) is 0 Å². The van der Waals surface area contributed by atoms with Crippen LogP contribution in [0.1, 0.15) is 27.7 Å². The highest BCUT2D eigenvalue weighted by Crippen LogP contribution is 2.08. The van der Waals surface area contributed by atoms with Crippen molar-refractivity contribution < 1.29 is 4.79 Å². The van der Waals surface area contributed by atoms with E-state index in [-0.39, 0.29) is 5.91 Å². The van der Waals surface area contributed by atoms with Crippen LogP contribution in [-0.2, 0) is 0 Å². The number of hydrogen-bond acceptors (Lipinski definition) is 3. The maximum absolute atomic E-state index is 11.7. The Morgan fingerprint density at radius 1 is 1.28 bits per heavy atom. The molecular formula is C14H14N2OS. The third-order valence-corrected chi connectivity index (χ3v) is 3.37. The van der Waals surface area contributed by atoms with Crippen molar-refractivity contribution in [1.29, 1.82) is 0 Å². The first-order chi connectivity index (χ1) is 8.66. The lowest BCUT2D eigenvalue weighted by molar-refractivity contribution is 0.0959. The minimum Gasteiger partial charge on any atom is -0.266 e. The summed E-state index contributed by atoms with van der Waals surface area (Å²) in [4.78, 5) is 12.4. The number of thiophene rings is 1. The Labute approximate surface area is 110 Å². The van der Waals surface area contributed by atoms with Crippen LogP contribution in [0, 0.1) is 6.92 Å². The Hall–Kier alpha value is -1.94. The van der Waals surface area contributed by atoms with Crippen molar-refractivity contribution in [2.24, 2.45) is 5.10 Å². The number of carbonyl (C=O) groups is 1. The van der Waals surface area contributed by atoms with Gasteiger partial charge in [0, 0.05) is 0 Å². The van der Waals surface area contributed by atoms with E-state index in [0.29, 0.717) is 4.88 Å². The summed E-state index contributed by atoms with van der Waals surface area (Å²) in [5.74, 6) is -0.169. The Morgan fingerprint density at radius 2 is 2.11 bits per heavy atom. The maximum atomic E-state index is 11.7. The van der Waals surface area contributed by atoms with E-state index in [1.807, 2.05) is 49.6 Å².